The van der Waals surface area contributed by atoms with E-state index in [1.54, 1.807) is 24.3 Å². The first-order valence-electron chi connectivity index (χ1n) is 11.0. The van der Waals surface area contributed by atoms with Gasteiger partial charge in [0.1, 0.15) is 4.83 Å². The van der Waals surface area contributed by atoms with Gasteiger partial charge in [-0.25, -0.2) is 4.98 Å². The normalized spacial score (nSPS) is 17.1. The minimum Gasteiger partial charge on any atom is -0.366 e. The van der Waals surface area contributed by atoms with E-state index in [9.17, 15) is 9.59 Å². The Balaban J connectivity index is 1.54. The van der Waals surface area contributed by atoms with E-state index in [2.05, 4.69) is 32.2 Å². The lowest BCUT2D eigenvalue weighted by atomic mass is 9.71. The lowest BCUT2D eigenvalue weighted by molar-refractivity contribution is 0.0940. The molecule has 1 unspecified atom stereocenters. The second kappa shape index (κ2) is 8.64. The molecule has 7 heteroatoms. The van der Waals surface area contributed by atoms with Crippen LogP contribution in [0.5, 0.6) is 0 Å². The van der Waals surface area contributed by atoms with E-state index < -0.39 is 5.91 Å². The Morgan fingerprint density at radius 2 is 1.94 bits per heavy atom. The molecule has 6 nitrogen and oxygen atoms in total. The SMILES string of the molecule is CC(C)(C)C1CCc2nc3sc(C(=O)N[C@H](CN)c4ccc(C(N)=O)cc4)cc3cc2C1. The van der Waals surface area contributed by atoms with Crippen LogP contribution in [0.2, 0.25) is 0 Å². The van der Waals surface area contributed by atoms with Crippen LogP contribution in [-0.4, -0.2) is 23.3 Å². The van der Waals surface area contributed by atoms with Crippen molar-refractivity contribution in [2.75, 3.05) is 6.54 Å². The van der Waals surface area contributed by atoms with Crippen molar-refractivity contribution in [1.29, 1.82) is 0 Å². The molecule has 0 bridgehead atoms. The molecule has 0 spiro atoms. The molecule has 5 N–H and O–H groups in total. The van der Waals surface area contributed by atoms with Gasteiger partial charge in [-0.05, 0) is 66.0 Å². The van der Waals surface area contributed by atoms with Crippen molar-refractivity contribution in [3.63, 3.8) is 0 Å². The van der Waals surface area contributed by atoms with Crippen molar-refractivity contribution in [3.8, 4) is 0 Å². The van der Waals surface area contributed by atoms with Crippen LogP contribution in [0.3, 0.4) is 0 Å². The van der Waals surface area contributed by atoms with Gasteiger partial charge >= 0.3 is 0 Å². The summed E-state index contributed by atoms with van der Waals surface area (Å²) in [7, 11) is 0. The first kappa shape index (κ1) is 22.4. The van der Waals surface area contributed by atoms with Crippen molar-refractivity contribution in [2.24, 2.45) is 22.8 Å². The Morgan fingerprint density at radius 1 is 1.22 bits per heavy atom. The highest BCUT2D eigenvalue weighted by molar-refractivity contribution is 7.20. The van der Waals surface area contributed by atoms with Crippen LogP contribution in [0.15, 0.2) is 36.4 Å². The van der Waals surface area contributed by atoms with Gasteiger partial charge in [0.05, 0.1) is 10.9 Å². The van der Waals surface area contributed by atoms with Crippen molar-refractivity contribution in [3.05, 3.63) is 63.7 Å². The summed E-state index contributed by atoms with van der Waals surface area (Å²) in [5.41, 5.74) is 15.2. The molecular formula is C25H30N4O2S. The number of carbonyl (C=O) groups is 2. The second-order valence-corrected chi connectivity index (χ2v) is 10.7. The Labute approximate surface area is 192 Å². The Bertz CT molecular complexity index is 1160. The number of hydrogen-bond donors (Lipinski definition) is 3. The van der Waals surface area contributed by atoms with Gasteiger partial charge in [0, 0.05) is 23.2 Å². The Kier molecular flexibility index (Phi) is 6.05. The smallest absolute Gasteiger partial charge is 0.261 e. The quantitative estimate of drug-likeness (QED) is 0.546. The first-order chi connectivity index (χ1) is 15.2. The van der Waals surface area contributed by atoms with Crippen LogP contribution < -0.4 is 16.8 Å². The number of aromatic nitrogens is 1. The van der Waals surface area contributed by atoms with E-state index in [0.717, 1.165) is 35.0 Å². The van der Waals surface area contributed by atoms with E-state index in [0.29, 0.717) is 16.4 Å². The van der Waals surface area contributed by atoms with Gasteiger partial charge in [-0.2, -0.15) is 0 Å². The maximum atomic E-state index is 13.0. The average molecular weight is 451 g/mol. The maximum absolute atomic E-state index is 13.0. The fourth-order valence-electron chi connectivity index (χ4n) is 4.36. The summed E-state index contributed by atoms with van der Waals surface area (Å²) in [5, 5.41) is 4.03. The summed E-state index contributed by atoms with van der Waals surface area (Å²) in [6.45, 7) is 7.15. The number of aryl methyl sites for hydroxylation is 1. The monoisotopic (exact) mass is 450 g/mol. The number of rotatable bonds is 5. The molecule has 0 saturated heterocycles. The standard InChI is InChI=1S/C25H30N4O2S/c1-25(2,3)18-8-9-19-16(11-18)10-17-12-21(32-24(17)29-19)23(31)28-20(13-26)14-4-6-15(7-5-14)22(27)30/h4-7,10,12,18,20H,8-9,11,13,26H2,1-3H3,(H2,27,30)(H,28,31)/t18?,20-/m1/s1. The molecule has 2 aromatic heterocycles. The third-order valence-corrected chi connectivity index (χ3v) is 7.50. The van der Waals surface area contributed by atoms with Crippen LogP contribution in [0.1, 0.15) is 70.1 Å². The average Bonchev–Trinajstić information content (AvgIpc) is 3.17. The molecule has 2 heterocycles. The topological polar surface area (TPSA) is 111 Å². The molecule has 3 aromatic rings. The minimum absolute atomic E-state index is 0.173. The van der Waals surface area contributed by atoms with Crippen molar-refractivity contribution < 1.29 is 9.59 Å². The highest BCUT2D eigenvalue weighted by atomic mass is 32.1. The molecule has 2 atom stereocenters. The first-order valence-corrected chi connectivity index (χ1v) is 11.8. The molecule has 0 fully saturated rings. The summed E-state index contributed by atoms with van der Waals surface area (Å²) >= 11 is 1.41. The third kappa shape index (κ3) is 4.54. The molecule has 168 valence electrons. The maximum Gasteiger partial charge on any atom is 0.261 e. The zero-order valence-electron chi connectivity index (χ0n) is 18.8. The van der Waals surface area contributed by atoms with Crippen molar-refractivity contribution in [1.82, 2.24) is 10.3 Å². The van der Waals surface area contributed by atoms with Crippen LogP contribution in [0.4, 0.5) is 0 Å². The molecule has 0 saturated carbocycles. The van der Waals surface area contributed by atoms with E-state index in [-0.39, 0.29) is 23.9 Å². The number of amides is 2. The van der Waals surface area contributed by atoms with Crippen LogP contribution >= 0.6 is 11.3 Å². The number of primary amides is 1. The van der Waals surface area contributed by atoms with Crippen LogP contribution in [0.25, 0.3) is 10.2 Å². The predicted molar refractivity (Wildman–Crippen MR) is 129 cm³/mol. The zero-order valence-corrected chi connectivity index (χ0v) is 19.6. The molecule has 1 aromatic carbocycles. The molecule has 0 aliphatic heterocycles. The summed E-state index contributed by atoms with van der Waals surface area (Å²) in [6.07, 6.45) is 3.18. The van der Waals surface area contributed by atoms with Gasteiger partial charge in [0.2, 0.25) is 5.91 Å². The summed E-state index contributed by atoms with van der Waals surface area (Å²) < 4.78 is 0. The summed E-state index contributed by atoms with van der Waals surface area (Å²) in [6, 6.07) is 10.6. The number of thiophene rings is 1. The number of nitrogens with two attached hydrogens (primary N) is 2. The predicted octanol–water partition coefficient (Wildman–Crippen LogP) is 3.98. The second-order valence-electron chi connectivity index (χ2n) is 9.65. The molecule has 0 radical (unpaired) electrons. The van der Waals surface area contributed by atoms with Gasteiger partial charge in [0.25, 0.3) is 5.91 Å². The number of benzene rings is 1. The van der Waals surface area contributed by atoms with E-state index >= 15 is 0 Å². The number of nitrogens with one attached hydrogen (secondary N) is 1. The molecule has 2 amide bonds. The van der Waals surface area contributed by atoms with E-state index in [1.165, 1.54) is 22.6 Å². The number of pyridine rings is 1. The molecule has 1 aliphatic rings. The summed E-state index contributed by atoms with van der Waals surface area (Å²) in [4.78, 5) is 30.7. The van der Waals surface area contributed by atoms with Gasteiger partial charge in [-0.15, -0.1) is 11.3 Å². The molecule has 4 rings (SSSR count). The van der Waals surface area contributed by atoms with Gasteiger partial charge in [-0.1, -0.05) is 32.9 Å². The van der Waals surface area contributed by atoms with Gasteiger partial charge in [0.15, 0.2) is 0 Å². The Hall–Kier alpha value is -2.77. The lowest BCUT2D eigenvalue weighted by Gasteiger charge is -2.34. The number of fused-ring (bicyclic) bond motifs is 2. The zero-order chi connectivity index (χ0) is 23.0. The van der Waals surface area contributed by atoms with Crippen LogP contribution in [-0.2, 0) is 12.8 Å². The highest BCUT2D eigenvalue weighted by Crippen LogP contribution is 2.38. The molecule has 32 heavy (non-hydrogen) atoms. The number of hydrogen-bond acceptors (Lipinski definition) is 5. The summed E-state index contributed by atoms with van der Waals surface area (Å²) in [5.74, 6) is -0.0194. The lowest BCUT2D eigenvalue weighted by Crippen LogP contribution is -2.33. The molecular weight excluding hydrogens is 420 g/mol. The molecule has 1 aliphatic carbocycles. The fraction of sp³-hybridized carbons (Fsp3) is 0.400. The fourth-order valence-corrected chi connectivity index (χ4v) is 5.30. The van der Waals surface area contributed by atoms with Crippen molar-refractivity contribution >= 4 is 33.4 Å². The van der Waals surface area contributed by atoms with Gasteiger partial charge < -0.3 is 16.8 Å². The largest absolute Gasteiger partial charge is 0.366 e. The van der Waals surface area contributed by atoms with E-state index in [1.807, 2.05) is 6.07 Å². The van der Waals surface area contributed by atoms with Gasteiger partial charge in [-0.3, -0.25) is 9.59 Å². The highest BCUT2D eigenvalue weighted by Gasteiger charge is 2.29. The Morgan fingerprint density at radius 3 is 2.56 bits per heavy atom. The van der Waals surface area contributed by atoms with E-state index in [4.69, 9.17) is 16.5 Å². The number of carbonyl (C=O) groups excluding carboxylic acids is 2. The minimum atomic E-state index is -0.487. The van der Waals surface area contributed by atoms with Crippen molar-refractivity contribution in [2.45, 2.75) is 46.1 Å². The third-order valence-electron chi connectivity index (χ3n) is 6.46. The van der Waals surface area contributed by atoms with Crippen LogP contribution in [0, 0.1) is 11.3 Å². The number of nitrogens with zero attached hydrogens (tertiary/aromatic N) is 1.